The van der Waals surface area contributed by atoms with Crippen LogP contribution in [0.5, 0.6) is 11.5 Å². The summed E-state index contributed by atoms with van der Waals surface area (Å²) >= 11 is 0. The number of aromatic hydroxyl groups is 1. The third kappa shape index (κ3) is 4.73. The second-order valence-corrected chi connectivity index (χ2v) is 9.45. The van der Waals surface area contributed by atoms with Crippen LogP contribution < -0.4 is 4.74 Å². The van der Waals surface area contributed by atoms with Crippen LogP contribution >= 0.6 is 0 Å². The average molecular weight is 449 g/mol. The van der Waals surface area contributed by atoms with Crippen molar-refractivity contribution in [2.24, 2.45) is 0 Å². The van der Waals surface area contributed by atoms with Crippen molar-refractivity contribution < 1.29 is 14.6 Å². The molecule has 4 rings (SSSR count). The van der Waals surface area contributed by atoms with Gasteiger partial charge in [0.15, 0.2) is 0 Å². The first-order valence-corrected chi connectivity index (χ1v) is 12.3. The summed E-state index contributed by atoms with van der Waals surface area (Å²) < 4.78 is 6.09. The van der Waals surface area contributed by atoms with Crippen LogP contribution in [0, 0.1) is 6.92 Å². The predicted molar refractivity (Wildman–Crippen MR) is 133 cm³/mol. The molecule has 2 aromatic rings. The number of phenols is 1. The largest absolute Gasteiger partial charge is 0.507 e. The number of urea groups is 1. The number of hydrogen-bond donors (Lipinski definition) is 1. The van der Waals surface area contributed by atoms with Gasteiger partial charge in [0.1, 0.15) is 17.3 Å². The lowest BCUT2D eigenvalue weighted by Gasteiger charge is -2.32. The van der Waals surface area contributed by atoms with E-state index in [9.17, 15) is 9.90 Å². The number of phenolic OH excluding ortho intramolecular Hbond substituents is 1. The molecule has 0 bridgehead atoms. The number of likely N-dealkylation sites (tertiary alicyclic amines) is 1. The molecule has 0 saturated carbocycles. The number of fused-ring (bicyclic) bond motifs is 3. The van der Waals surface area contributed by atoms with E-state index in [0.717, 1.165) is 79.4 Å². The first-order valence-electron chi connectivity index (χ1n) is 12.3. The summed E-state index contributed by atoms with van der Waals surface area (Å²) in [6.45, 7) is 10.3. The van der Waals surface area contributed by atoms with E-state index in [1.165, 1.54) is 6.42 Å². The number of carbonyl (C=O) groups excluding carboxylic acids is 1. The van der Waals surface area contributed by atoms with E-state index < -0.39 is 0 Å². The highest BCUT2D eigenvalue weighted by Gasteiger charge is 2.29. The Kier molecular flexibility index (Phi) is 6.96. The van der Waals surface area contributed by atoms with Gasteiger partial charge < -0.3 is 19.6 Å². The lowest BCUT2D eigenvalue weighted by molar-refractivity contribution is 0.150. The zero-order valence-electron chi connectivity index (χ0n) is 20.2. The number of unbranched alkanes of at least 4 members (excludes halogenated alkanes) is 2. The maximum absolute atomic E-state index is 13.1. The lowest BCUT2D eigenvalue weighted by Crippen LogP contribution is -2.43. The topological polar surface area (TPSA) is 53.0 Å². The first-order chi connectivity index (χ1) is 15.9. The third-order valence-corrected chi connectivity index (χ3v) is 6.84. The summed E-state index contributed by atoms with van der Waals surface area (Å²) in [5.74, 6) is 1.47. The van der Waals surface area contributed by atoms with Crippen molar-refractivity contribution in [3.8, 4) is 22.6 Å². The van der Waals surface area contributed by atoms with E-state index in [4.69, 9.17) is 4.74 Å². The molecule has 33 heavy (non-hydrogen) atoms. The Morgan fingerprint density at radius 1 is 1.15 bits per heavy atom. The fraction of sp³-hybridized carbons (Fsp3) is 0.464. The van der Waals surface area contributed by atoms with Gasteiger partial charge in [-0.3, -0.25) is 0 Å². The zero-order valence-corrected chi connectivity index (χ0v) is 20.2. The molecule has 0 radical (unpaired) electrons. The molecule has 0 aromatic heterocycles. The minimum Gasteiger partial charge on any atom is -0.507 e. The van der Waals surface area contributed by atoms with Gasteiger partial charge in [0.25, 0.3) is 0 Å². The van der Waals surface area contributed by atoms with Gasteiger partial charge in [-0.2, -0.15) is 0 Å². The summed E-state index contributed by atoms with van der Waals surface area (Å²) in [5.41, 5.74) is 5.51. The van der Waals surface area contributed by atoms with Crippen molar-refractivity contribution in [3.05, 3.63) is 53.1 Å². The molecular formula is C28H36N2O3. The quantitative estimate of drug-likeness (QED) is 0.513. The van der Waals surface area contributed by atoms with E-state index in [-0.39, 0.29) is 11.8 Å². The van der Waals surface area contributed by atoms with E-state index in [1.54, 1.807) is 4.90 Å². The first kappa shape index (κ1) is 23.2. The highest BCUT2D eigenvalue weighted by atomic mass is 16.5. The van der Waals surface area contributed by atoms with Crippen molar-refractivity contribution in [2.75, 3.05) is 20.1 Å². The Hall–Kier alpha value is -2.95. The number of aryl methyl sites for hydroxylation is 2. The molecule has 2 aliphatic rings. The molecule has 176 valence electrons. The molecule has 2 heterocycles. The predicted octanol–water partition coefficient (Wildman–Crippen LogP) is 6.50. The van der Waals surface area contributed by atoms with E-state index in [2.05, 4.69) is 25.6 Å². The van der Waals surface area contributed by atoms with E-state index in [0.29, 0.717) is 23.6 Å². The average Bonchev–Trinajstić information content (AvgIpc) is 2.81. The van der Waals surface area contributed by atoms with Crippen LogP contribution in [-0.4, -0.2) is 41.1 Å². The maximum atomic E-state index is 13.1. The van der Waals surface area contributed by atoms with Crippen LogP contribution in [0.3, 0.4) is 0 Å². The summed E-state index contributed by atoms with van der Waals surface area (Å²) in [4.78, 5) is 16.8. The molecule has 0 spiro atoms. The molecule has 0 aliphatic carbocycles. The maximum Gasteiger partial charge on any atom is 0.320 e. The van der Waals surface area contributed by atoms with Crippen LogP contribution in [0.4, 0.5) is 4.79 Å². The van der Waals surface area contributed by atoms with Crippen molar-refractivity contribution in [3.63, 3.8) is 0 Å². The highest BCUT2D eigenvalue weighted by Crippen LogP contribution is 2.49. The SMILES string of the molecule is C=C1Oc2cc(CCCCC)c(CN(C)C(=O)N3CCCCC3)c(O)c2-c2cc(C)ccc21. The molecule has 0 atom stereocenters. The minimum absolute atomic E-state index is 0.0344. The molecule has 5 nitrogen and oxygen atoms in total. The Morgan fingerprint density at radius 3 is 2.64 bits per heavy atom. The van der Waals surface area contributed by atoms with Crippen molar-refractivity contribution in [1.82, 2.24) is 9.80 Å². The summed E-state index contributed by atoms with van der Waals surface area (Å²) in [6.07, 6.45) is 7.42. The standard InChI is InChI=1S/C28H36N2O3/c1-5-6-8-11-21-17-25-26(23-16-19(2)12-13-22(23)20(3)33-25)27(31)24(21)18-29(4)28(32)30-14-9-7-10-15-30/h12-13,16-17,31H,3,5-11,14-15,18H2,1-2,4H3. The molecule has 0 unspecified atom stereocenters. The summed E-state index contributed by atoms with van der Waals surface area (Å²) in [5, 5.41) is 11.6. The van der Waals surface area contributed by atoms with Gasteiger partial charge in [-0.25, -0.2) is 4.79 Å². The number of amides is 2. The number of benzene rings is 2. The van der Waals surface area contributed by atoms with Gasteiger partial charge in [-0.15, -0.1) is 0 Å². The Balaban J connectivity index is 1.74. The Morgan fingerprint density at radius 2 is 1.91 bits per heavy atom. The van der Waals surface area contributed by atoms with Crippen LogP contribution in [0.2, 0.25) is 0 Å². The number of ether oxygens (including phenoxy) is 1. The van der Waals surface area contributed by atoms with Gasteiger partial charge in [-0.1, -0.05) is 50.1 Å². The highest BCUT2D eigenvalue weighted by molar-refractivity contribution is 5.91. The lowest BCUT2D eigenvalue weighted by atomic mass is 9.88. The molecule has 2 aliphatic heterocycles. The van der Waals surface area contributed by atoms with Crippen LogP contribution in [0.15, 0.2) is 30.8 Å². The Labute approximate surface area is 197 Å². The number of hydrogen-bond acceptors (Lipinski definition) is 3. The second-order valence-electron chi connectivity index (χ2n) is 9.45. The molecule has 2 amide bonds. The Bertz CT molecular complexity index is 1050. The number of carbonyl (C=O) groups is 1. The number of rotatable bonds is 6. The molecule has 1 N–H and O–H groups in total. The van der Waals surface area contributed by atoms with Crippen molar-refractivity contribution >= 4 is 11.8 Å². The summed E-state index contributed by atoms with van der Waals surface area (Å²) in [6, 6.07) is 8.18. The zero-order chi connectivity index (χ0) is 23.5. The second kappa shape index (κ2) is 9.90. The smallest absolute Gasteiger partial charge is 0.320 e. The van der Waals surface area contributed by atoms with Gasteiger partial charge in [-0.05, 0) is 50.7 Å². The third-order valence-electron chi connectivity index (χ3n) is 6.84. The fourth-order valence-corrected chi connectivity index (χ4v) is 4.97. The van der Waals surface area contributed by atoms with Crippen molar-refractivity contribution in [2.45, 2.75) is 65.3 Å². The monoisotopic (exact) mass is 448 g/mol. The minimum atomic E-state index is 0.0344. The van der Waals surface area contributed by atoms with Gasteiger partial charge in [0.2, 0.25) is 0 Å². The van der Waals surface area contributed by atoms with E-state index in [1.807, 2.05) is 31.0 Å². The normalized spacial score (nSPS) is 15.0. The molecule has 2 aromatic carbocycles. The molecular weight excluding hydrogens is 412 g/mol. The fourth-order valence-electron chi connectivity index (χ4n) is 4.97. The van der Waals surface area contributed by atoms with Crippen LogP contribution in [0.25, 0.3) is 16.9 Å². The van der Waals surface area contributed by atoms with Gasteiger partial charge >= 0.3 is 6.03 Å². The molecule has 1 saturated heterocycles. The molecule has 5 heteroatoms. The van der Waals surface area contributed by atoms with E-state index >= 15 is 0 Å². The number of piperidine rings is 1. The van der Waals surface area contributed by atoms with Crippen LogP contribution in [0.1, 0.15) is 67.7 Å². The van der Waals surface area contributed by atoms with Crippen molar-refractivity contribution in [1.29, 1.82) is 0 Å². The summed E-state index contributed by atoms with van der Waals surface area (Å²) in [7, 11) is 1.84. The van der Waals surface area contributed by atoms with Gasteiger partial charge in [0.05, 0.1) is 12.1 Å². The van der Waals surface area contributed by atoms with Gasteiger partial charge in [0, 0.05) is 36.8 Å². The molecule has 1 fully saturated rings. The van der Waals surface area contributed by atoms with Crippen LogP contribution in [-0.2, 0) is 13.0 Å². The number of nitrogens with zero attached hydrogens (tertiary/aromatic N) is 2.